The summed E-state index contributed by atoms with van der Waals surface area (Å²) in [5.74, 6) is -0.385. The molecule has 0 aliphatic carbocycles. The van der Waals surface area contributed by atoms with Gasteiger partial charge in [-0.05, 0) is 37.5 Å². The normalized spacial score (nSPS) is 12.7. The third-order valence-electron chi connectivity index (χ3n) is 3.67. The molecule has 25 heavy (non-hydrogen) atoms. The van der Waals surface area contributed by atoms with Crippen LogP contribution < -0.4 is 10.1 Å². The Morgan fingerprint density at radius 3 is 2.64 bits per heavy atom. The van der Waals surface area contributed by atoms with Gasteiger partial charge in [0.25, 0.3) is 0 Å². The molecular formula is C18H22F3N3O. The average Bonchev–Trinajstić information content (AvgIpc) is 2.54. The topological polar surface area (TPSA) is 47.0 Å². The van der Waals surface area contributed by atoms with E-state index in [2.05, 4.69) is 22.2 Å². The first-order valence-electron chi connectivity index (χ1n) is 8.30. The van der Waals surface area contributed by atoms with Gasteiger partial charge >= 0.3 is 6.18 Å². The molecule has 0 spiro atoms. The van der Waals surface area contributed by atoms with Gasteiger partial charge in [0, 0.05) is 11.9 Å². The number of rotatable bonds is 7. The Kier molecular flexibility index (Phi) is 6.22. The molecule has 1 heterocycles. The molecular weight excluding hydrogens is 331 g/mol. The van der Waals surface area contributed by atoms with Gasteiger partial charge in [-0.15, -0.1) is 0 Å². The molecule has 0 radical (unpaired) electrons. The van der Waals surface area contributed by atoms with E-state index in [0.717, 1.165) is 30.3 Å². The second-order valence-corrected chi connectivity index (χ2v) is 5.82. The number of nitrogens with one attached hydrogen (secondary N) is 1. The maximum atomic E-state index is 13.1. The molecule has 2 aromatic rings. The van der Waals surface area contributed by atoms with Crippen molar-refractivity contribution in [1.29, 1.82) is 0 Å². The SMILES string of the molecule is CCCc1cccc(Nc2ncc(C(F)(F)F)c(OC(C)CC)n2)c1. The van der Waals surface area contributed by atoms with E-state index in [1.807, 2.05) is 31.2 Å². The van der Waals surface area contributed by atoms with Crippen LogP contribution in [0.5, 0.6) is 5.88 Å². The minimum atomic E-state index is -4.57. The van der Waals surface area contributed by atoms with Crippen molar-refractivity contribution in [3.05, 3.63) is 41.6 Å². The van der Waals surface area contributed by atoms with Gasteiger partial charge in [0.05, 0.1) is 6.10 Å². The first-order valence-corrected chi connectivity index (χ1v) is 8.30. The van der Waals surface area contributed by atoms with Crippen molar-refractivity contribution in [2.24, 2.45) is 0 Å². The van der Waals surface area contributed by atoms with Crippen LogP contribution in [0.1, 0.15) is 44.7 Å². The largest absolute Gasteiger partial charge is 0.474 e. The molecule has 0 saturated heterocycles. The van der Waals surface area contributed by atoms with E-state index in [4.69, 9.17) is 4.74 Å². The molecule has 136 valence electrons. The molecule has 0 saturated carbocycles. The molecule has 1 unspecified atom stereocenters. The van der Waals surface area contributed by atoms with Gasteiger partial charge in [-0.3, -0.25) is 0 Å². The highest BCUT2D eigenvalue weighted by Crippen LogP contribution is 2.35. The maximum Gasteiger partial charge on any atom is 0.423 e. The van der Waals surface area contributed by atoms with Crippen LogP contribution in [0.25, 0.3) is 0 Å². The zero-order chi connectivity index (χ0) is 18.4. The minimum Gasteiger partial charge on any atom is -0.474 e. The molecule has 0 fully saturated rings. The fourth-order valence-electron chi connectivity index (χ4n) is 2.21. The molecule has 0 aliphatic heterocycles. The van der Waals surface area contributed by atoms with E-state index in [1.54, 1.807) is 6.92 Å². The summed E-state index contributed by atoms with van der Waals surface area (Å²) in [6, 6.07) is 7.63. The lowest BCUT2D eigenvalue weighted by Crippen LogP contribution is -2.17. The smallest absolute Gasteiger partial charge is 0.423 e. The van der Waals surface area contributed by atoms with Crippen molar-refractivity contribution in [2.45, 2.75) is 52.3 Å². The van der Waals surface area contributed by atoms with E-state index in [9.17, 15) is 13.2 Å². The summed E-state index contributed by atoms with van der Waals surface area (Å²) in [7, 11) is 0. The van der Waals surface area contributed by atoms with Crippen molar-refractivity contribution >= 4 is 11.6 Å². The molecule has 4 nitrogen and oxygen atoms in total. The van der Waals surface area contributed by atoms with Gasteiger partial charge in [0.2, 0.25) is 11.8 Å². The first-order chi connectivity index (χ1) is 11.8. The second kappa shape index (κ2) is 8.18. The molecule has 1 atom stereocenters. The van der Waals surface area contributed by atoms with Gasteiger partial charge in [-0.1, -0.05) is 32.4 Å². The van der Waals surface area contributed by atoms with E-state index >= 15 is 0 Å². The summed E-state index contributed by atoms with van der Waals surface area (Å²) in [6.07, 6.45) is -1.69. The number of hydrogen-bond donors (Lipinski definition) is 1. The van der Waals surface area contributed by atoms with Gasteiger partial charge in [-0.25, -0.2) is 4.98 Å². The minimum absolute atomic E-state index is 0.0694. The van der Waals surface area contributed by atoms with Crippen LogP contribution in [0.15, 0.2) is 30.5 Å². The second-order valence-electron chi connectivity index (χ2n) is 5.82. The lowest BCUT2D eigenvalue weighted by atomic mass is 10.1. The Morgan fingerprint density at radius 1 is 1.24 bits per heavy atom. The summed E-state index contributed by atoms with van der Waals surface area (Å²) in [5.41, 5.74) is 0.883. The monoisotopic (exact) mass is 353 g/mol. The molecule has 1 aromatic heterocycles. The van der Waals surface area contributed by atoms with E-state index in [-0.39, 0.29) is 12.1 Å². The van der Waals surface area contributed by atoms with Gasteiger partial charge in [0.15, 0.2) is 0 Å². The van der Waals surface area contributed by atoms with Crippen molar-refractivity contribution in [1.82, 2.24) is 9.97 Å². The predicted molar refractivity (Wildman–Crippen MR) is 91.1 cm³/mol. The van der Waals surface area contributed by atoms with Crippen LogP contribution in [0.2, 0.25) is 0 Å². The summed E-state index contributed by atoms with van der Waals surface area (Å²) in [6.45, 7) is 5.61. The fraction of sp³-hybridized carbons (Fsp3) is 0.444. The number of anilines is 2. The van der Waals surface area contributed by atoms with Crippen LogP contribution >= 0.6 is 0 Å². The Bertz CT molecular complexity index is 704. The van der Waals surface area contributed by atoms with Crippen molar-refractivity contribution in [2.75, 3.05) is 5.32 Å². The zero-order valence-electron chi connectivity index (χ0n) is 14.5. The Hall–Kier alpha value is -2.31. The molecule has 0 aliphatic rings. The Morgan fingerprint density at radius 2 is 2.00 bits per heavy atom. The number of hydrogen-bond acceptors (Lipinski definition) is 4. The molecule has 1 aromatic carbocycles. The number of aromatic nitrogens is 2. The number of alkyl halides is 3. The lowest BCUT2D eigenvalue weighted by Gasteiger charge is -2.17. The molecule has 2 rings (SSSR count). The summed E-state index contributed by atoms with van der Waals surface area (Å²) in [4.78, 5) is 7.72. The Balaban J connectivity index is 2.29. The van der Waals surface area contributed by atoms with Crippen LogP contribution in [0, 0.1) is 0 Å². The predicted octanol–water partition coefficient (Wildman–Crippen LogP) is 5.37. The lowest BCUT2D eigenvalue weighted by molar-refractivity contribution is -0.139. The third-order valence-corrected chi connectivity index (χ3v) is 3.67. The zero-order valence-corrected chi connectivity index (χ0v) is 14.5. The van der Waals surface area contributed by atoms with Crippen molar-refractivity contribution in [3.63, 3.8) is 0 Å². The maximum absolute atomic E-state index is 13.1. The van der Waals surface area contributed by atoms with Crippen LogP contribution in [0.3, 0.4) is 0 Å². The third kappa shape index (κ3) is 5.34. The van der Waals surface area contributed by atoms with Crippen molar-refractivity contribution < 1.29 is 17.9 Å². The van der Waals surface area contributed by atoms with E-state index in [1.165, 1.54) is 0 Å². The van der Waals surface area contributed by atoms with E-state index in [0.29, 0.717) is 6.42 Å². The number of ether oxygens (including phenoxy) is 1. The first kappa shape index (κ1) is 19.0. The van der Waals surface area contributed by atoms with Crippen LogP contribution in [-0.4, -0.2) is 16.1 Å². The quantitative estimate of drug-likeness (QED) is 0.727. The van der Waals surface area contributed by atoms with Gasteiger partial charge in [-0.2, -0.15) is 18.2 Å². The highest BCUT2D eigenvalue weighted by molar-refractivity contribution is 5.55. The van der Waals surface area contributed by atoms with Crippen molar-refractivity contribution in [3.8, 4) is 5.88 Å². The van der Waals surface area contributed by atoms with Gasteiger partial charge in [0.1, 0.15) is 5.56 Å². The van der Waals surface area contributed by atoms with E-state index < -0.39 is 17.6 Å². The molecule has 1 N–H and O–H groups in total. The fourth-order valence-corrected chi connectivity index (χ4v) is 2.21. The van der Waals surface area contributed by atoms with Gasteiger partial charge < -0.3 is 10.1 Å². The number of aryl methyl sites for hydroxylation is 1. The number of halogens is 3. The highest BCUT2D eigenvalue weighted by atomic mass is 19.4. The average molecular weight is 353 g/mol. The number of nitrogens with zero attached hydrogens (tertiary/aromatic N) is 2. The summed E-state index contributed by atoms with van der Waals surface area (Å²) >= 11 is 0. The summed E-state index contributed by atoms with van der Waals surface area (Å²) in [5, 5.41) is 2.94. The standard InChI is InChI=1S/C18H22F3N3O/c1-4-7-13-8-6-9-14(10-13)23-17-22-11-15(18(19,20)21)16(24-17)25-12(3)5-2/h6,8-12H,4-5,7H2,1-3H3,(H,22,23,24). The number of benzene rings is 1. The highest BCUT2D eigenvalue weighted by Gasteiger charge is 2.36. The molecule has 0 amide bonds. The van der Waals surface area contributed by atoms with Crippen LogP contribution in [0.4, 0.5) is 24.8 Å². The summed E-state index contributed by atoms with van der Waals surface area (Å²) < 4.78 is 44.7. The molecule has 7 heteroatoms. The van der Waals surface area contributed by atoms with Crippen LogP contribution in [-0.2, 0) is 12.6 Å². The Labute approximate surface area is 145 Å². The molecule has 0 bridgehead atoms.